The zero-order chi connectivity index (χ0) is 23.3. The van der Waals surface area contributed by atoms with Crippen molar-refractivity contribution in [2.75, 3.05) is 13.1 Å². The second-order valence-corrected chi connectivity index (χ2v) is 12.6. The van der Waals surface area contributed by atoms with Gasteiger partial charge in [0.2, 0.25) is 0 Å². The van der Waals surface area contributed by atoms with Gasteiger partial charge in [-0.1, -0.05) is 82.1 Å². The van der Waals surface area contributed by atoms with Gasteiger partial charge in [0.05, 0.1) is 0 Å². The fraction of sp³-hybridized carbons (Fsp3) is 0.778. The fourth-order valence-corrected chi connectivity index (χ4v) is 4.31. The molecule has 30 heavy (non-hydrogen) atoms. The number of hydrogen-bond acceptors (Lipinski definition) is 3. The molecule has 3 aliphatic rings. The van der Waals surface area contributed by atoms with Gasteiger partial charge >= 0.3 is 0 Å². The molecular formula is C27H51N3. The third-order valence-electron chi connectivity index (χ3n) is 6.73. The summed E-state index contributed by atoms with van der Waals surface area (Å²) in [7, 11) is 0. The van der Waals surface area contributed by atoms with Crippen LogP contribution >= 0.6 is 0 Å². The molecule has 0 aromatic carbocycles. The number of allylic oxidation sites excluding steroid dienone is 3. The second kappa shape index (κ2) is 10.3. The number of rotatable bonds is 0. The van der Waals surface area contributed by atoms with Gasteiger partial charge in [-0.3, -0.25) is 0 Å². The maximum atomic E-state index is 3.99. The lowest BCUT2D eigenvalue weighted by molar-refractivity contribution is 0.263. The summed E-state index contributed by atoms with van der Waals surface area (Å²) >= 11 is 0. The predicted molar refractivity (Wildman–Crippen MR) is 134 cm³/mol. The minimum absolute atomic E-state index is 0.388. The summed E-state index contributed by atoms with van der Waals surface area (Å²) in [6, 6.07) is 0.639. The Morgan fingerprint density at radius 1 is 0.733 bits per heavy atom. The van der Waals surface area contributed by atoms with Crippen molar-refractivity contribution in [3.8, 4) is 0 Å². The topological polar surface area (TPSA) is 36.1 Å². The highest BCUT2D eigenvalue weighted by Crippen LogP contribution is 2.35. The smallest absolute Gasteiger partial charge is 0.0310 e. The Morgan fingerprint density at radius 3 is 1.53 bits per heavy atom. The van der Waals surface area contributed by atoms with Crippen molar-refractivity contribution in [2.45, 2.75) is 94.0 Å². The minimum atomic E-state index is 0.388. The molecule has 3 atom stereocenters. The maximum absolute atomic E-state index is 3.99. The van der Waals surface area contributed by atoms with Gasteiger partial charge in [-0.25, -0.2) is 0 Å². The monoisotopic (exact) mass is 417 g/mol. The Morgan fingerprint density at radius 2 is 1.33 bits per heavy atom. The van der Waals surface area contributed by atoms with Crippen LogP contribution in [0.2, 0.25) is 0 Å². The molecule has 174 valence electrons. The molecule has 3 heterocycles. The summed E-state index contributed by atoms with van der Waals surface area (Å²) in [5, 5.41) is 9.96. The van der Waals surface area contributed by atoms with Crippen LogP contribution in [-0.2, 0) is 0 Å². The first kappa shape index (κ1) is 26.7. The molecule has 3 aliphatic heterocycles. The molecule has 3 saturated heterocycles. The van der Waals surface area contributed by atoms with Gasteiger partial charge in [0, 0.05) is 42.1 Å². The molecule has 0 aromatic heterocycles. The quantitative estimate of drug-likeness (QED) is 0.415. The lowest BCUT2D eigenvalue weighted by Crippen LogP contribution is -2.34. The highest BCUT2D eigenvalue weighted by molar-refractivity contribution is 5.07. The Kier molecular flexibility index (Phi) is 9.14. The van der Waals surface area contributed by atoms with Crippen LogP contribution in [0, 0.1) is 28.1 Å². The largest absolute Gasteiger partial charge is 0.389 e. The molecular weight excluding hydrogens is 366 g/mol. The molecule has 3 rings (SSSR count). The molecule has 0 amide bonds. The van der Waals surface area contributed by atoms with Crippen molar-refractivity contribution < 1.29 is 0 Å². The molecule has 3 unspecified atom stereocenters. The van der Waals surface area contributed by atoms with E-state index in [1.165, 1.54) is 29.9 Å². The second-order valence-electron chi connectivity index (χ2n) is 12.6. The molecule has 0 aliphatic carbocycles. The highest BCUT2D eigenvalue weighted by Gasteiger charge is 2.30. The van der Waals surface area contributed by atoms with Gasteiger partial charge in [0.1, 0.15) is 0 Å². The van der Waals surface area contributed by atoms with Crippen molar-refractivity contribution in [3.05, 3.63) is 36.8 Å². The van der Waals surface area contributed by atoms with Gasteiger partial charge in [0.25, 0.3) is 0 Å². The molecule has 0 saturated carbocycles. The molecule has 0 bridgehead atoms. The molecule has 3 nitrogen and oxygen atoms in total. The number of hydrogen-bond donors (Lipinski definition) is 3. The van der Waals surface area contributed by atoms with Crippen molar-refractivity contribution in [1.29, 1.82) is 0 Å². The third kappa shape index (κ3) is 8.78. The van der Waals surface area contributed by atoms with Crippen molar-refractivity contribution in [2.24, 2.45) is 28.1 Å². The van der Waals surface area contributed by atoms with E-state index in [0.29, 0.717) is 28.2 Å². The summed E-state index contributed by atoms with van der Waals surface area (Å²) < 4.78 is 0. The zero-order valence-electron chi connectivity index (χ0n) is 21.6. The Balaban J connectivity index is 0.000000225. The van der Waals surface area contributed by atoms with E-state index in [1.54, 1.807) is 0 Å². The first-order valence-electron chi connectivity index (χ1n) is 11.8. The van der Waals surface area contributed by atoms with E-state index in [-0.39, 0.29) is 0 Å². The van der Waals surface area contributed by atoms with E-state index < -0.39 is 0 Å². The molecule has 0 spiro atoms. The summed E-state index contributed by atoms with van der Waals surface area (Å²) in [6.45, 7) is 34.5. The molecule has 3 fully saturated rings. The maximum Gasteiger partial charge on any atom is 0.0310 e. The van der Waals surface area contributed by atoms with Gasteiger partial charge in [0.15, 0.2) is 0 Å². The minimum Gasteiger partial charge on any atom is -0.389 e. The standard InChI is InChI=1S/3C9H17N/c1-7-5-8(6-10-7)9(2,3)4;1-7-8(5-6-10-7)9(2,3)4;1-7-5-6-8(10-7)9(2,3)4/h3*8,10H,1,5-6H2,2-4H3. The predicted octanol–water partition coefficient (Wildman–Crippen LogP) is 6.61. The van der Waals surface area contributed by atoms with Gasteiger partial charge in [-0.15, -0.1) is 0 Å². The summed E-state index contributed by atoms with van der Waals surface area (Å²) in [5.41, 5.74) is 4.86. The summed E-state index contributed by atoms with van der Waals surface area (Å²) in [4.78, 5) is 0. The first-order chi connectivity index (χ1) is 13.5. The summed E-state index contributed by atoms with van der Waals surface area (Å²) in [6.07, 6.45) is 4.82. The molecule has 3 heteroatoms. The van der Waals surface area contributed by atoms with Crippen LogP contribution in [0.5, 0.6) is 0 Å². The Labute approximate surface area is 188 Å². The van der Waals surface area contributed by atoms with Gasteiger partial charge < -0.3 is 16.0 Å². The molecule has 3 N–H and O–H groups in total. The zero-order valence-corrected chi connectivity index (χ0v) is 21.6. The van der Waals surface area contributed by atoms with Crippen molar-refractivity contribution in [3.63, 3.8) is 0 Å². The fourth-order valence-electron chi connectivity index (χ4n) is 4.31. The summed E-state index contributed by atoms with van der Waals surface area (Å²) in [5.74, 6) is 1.45. The van der Waals surface area contributed by atoms with E-state index in [2.05, 4.69) is 98.0 Å². The van der Waals surface area contributed by atoms with Gasteiger partial charge in [-0.05, 0) is 47.8 Å². The van der Waals surface area contributed by atoms with Crippen LogP contribution in [0.25, 0.3) is 0 Å². The van der Waals surface area contributed by atoms with Gasteiger partial charge in [-0.2, -0.15) is 0 Å². The van der Waals surface area contributed by atoms with Crippen LogP contribution in [-0.4, -0.2) is 19.1 Å². The third-order valence-corrected chi connectivity index (χ3v) is 6.73. The lowest BCUT2D eigenvalue weighted by Gasteiger charge is -2.27. The average Bonchev–Trinajstić information content (AvgIpc) is 3.27. The van der Waals surface area contributed by atoms with E-state index in [4.69, 9.17) is 0 Å². The average molecular weight is 418 g/mol. The van der Waals surface area contributed by atoms with Crippen LogP contribution < -0.4 is 16.0 Å². The Hall–Kier alpha value is -1.38. The first-order valence-corrected chi connectivity index (χ1v) is 11.8. The van der Waals surface area contributed by atoms with Crippen LogP contribution in [0.1, 0.15) is 88.0 Å². The van der Waals surface area contributed by atoms with E-state index in [9.17, 15) is 0 Å². The molecule has 0 radical (unpaired) electrons. The SMILES string of the molecule is C=C1CC(C(C)(C)C)CN1.C=C1CCC(C(C)(C)C)N1.C=C1NCCC1C(C)(C)C. The molecule has 0 aromatic rings. The Bertz CT molecular complexity index is 559. The van der Waals surface area contributed by atoms with E-state index >= 15 is 0 Å². The van der Waals surface area contributed by atoms with Crippen molar-refractivity contribution >= 4 is 0 Å². The van der Waals surface area contributed by atoms with E-state index in [0.717, 1.165) is 31.8 Å². The highest BCUT2D eigenvalue weighted by atomic mass is 15.0. The lowest BCUT2D eigenvalue weighted by atomic mass is 9.79. The van der Waals surface area contributed by atoms with Crippen molar-refractivity contribution in [1.82, 2.24) is 16.0 Å². The van der Waals surface area contributed by atoms with Crippen LogP contribution in [0.4, 0.5) is 0 Å². The van der Waals surface area contributed by atoms with Crippen LogP contribution in [0.3, 0.4) is 0 Å². The normalized spacial score (nSPS) is 26.7. The number of nitrogens with one attached hydrogen (secondary N) is 3. The van der Waals surface area contributed by atoms with Crippen LogP contribution in [0.15, 0.2) is 36.8 Å². The van der Waals surface area contributed by atoms with E-state index in [1.807, 2.05) is 0 Å².